The predicted molar refractivity (Wildman–Crippen MR) is 117 cm³/mol. The van der Waals surface area contributed by atoms with Gasteiger partial charge in [0.1, 0.15) is 11.1 Å². The second kappa shape index (κ2) is 9.35. The Labute approximate surface area is 175 Å². The number of carbonyl (C=O) groups is 2. The molecule has 30 heavy (non-hydrogen) atoms. The summed E-state index contributed by atoms with van der Waals surface area (Å²) >= 11 is 0. The van der Waals surface area contributed by atoms with Crippen LogP contribution in [0.5, 0.6) is 0 Å². The molecule has 3 aromatic rings. The fourth-order valence-electron chi connectivity index (χ4n) is 3.19. The van der Waals surface area contributed by atoms with Gasteiger partial charge in [0.25, 0.3) is 0 Å². The third-order valence-electron chi connectivity index (χ3n) is 5.01. The number of fused-ring (bicyclic) bond motifs is 1. The van der Waals surface area contributed by atoms with Crippen molar-refractivity contribution in [1.82, 2.24) is 0 Å². The van der Waals surface area contributed by atoms with Crippen LogP contribution < -0.4 is 5.63 Å². The Hall–Kier alpha value is -3.47. The summed E-state index contributed by atoms with van der Waals surface area (Å²) in [6.45, 7) is 5.92. The van der Waals surface area contributed by atoms with Gasteiger partial charge < -0.3 is 9.15 Å². The minimum atomic E-state index is -0.715. The van der Waals surface area contributed by atoms with Crippen LogP contribution in [0.3, 0.4) is 0 Å². The first-order chi connectivity index (χ1) is 14.4. The van der Waals surface area contributed by atoms with Gasteiger partial charge in [-0.05, 0) is 54.7 Å². The predicted octanol–water partition coefficient (Wildman–Crippen LogP) is 5.38. The maximum absolute atomic E-state index is 12.4. The van der Waals surface area contributed by atoms with Crippen LogP contribution in [-0.2, 0) is 4.74 Å². The quantitative estimate of drug-likeness (QED) is 0.229. The molecule has 5 nitrogen and oxygen atoms in total. The lowest BCUT2D eigenvalue weighted by Crippen LogP contribution is -2.16. The second-order valence-corrected chi connectivity index (χ2v) is 7.07. The average molecular weight is 404 g/mol. The van der Waals surface area contributed by atoms with Crippen molar-refractivity contribution in [3.05, 3.63) is 87.3 Å². The molecule has 0 aliphatic carbocycles. The highest BCUT2D eigenvalue weighted by atomic mass is 16.5. The van der Waals surface area contributed by atoms with Crippen LogP contribution in [0, 0.1) is 0 Å². The maximum Gasteiger partial charge on any atom is 0.351 e. The first kappa shape index (κ1) is 21.2. The smallest absolute Gasteiger partial charge is 0.351 e. The highest BCUT2D eigenvalue weighted by Gasteiger charge is 2.18. The molecule has 0 radical (unpaired) electrons. The monoisotopic (exact) mass is 404 g/mol. The van der Waals surface area contributed by atoms with Gasteiger partial charge in [-0.2, -0.15) is 0 Å². The molecule has 0 amide bonds. The van der Waals surface area contributed by atoms with Crippen molar-refractivity contribution in [2.24, 2.45) is 0 Å². The van der Waals surface area contributed by atoms with Crippen LogP contribution in [0.25, 0.3) is 17.0 Å². The van der Waals surface area contributed by atoms with Crippen LogP contribution in [0.2, 0.25) is 0 Å². The van der Waals surface area contributed by atoms with E-state index in [1.807, 2.05) is 38.1 Å². The van der Waals surface area contributed by atoms with E-state index in [9.17, 15) is 14.4 Å². The van der Waals surface area contributed by atoms with E-state index in [0.29, 0.717) is 16.5 Å². The lowest BCUT2D eigenvalue weighted by Gasteiger charge is -2.13. The number of ketones is 1. The molecule has 0 N–H and O–H groups in total. The SMILES string of the molecule is CCOC(=O)c1cc2cc(C=CC(=O)c3ccccc3)cc(C(C)CC)c2oc1=O. The van der Waals surface area contributed by atoms with Crippen LogP contribution in [0.1, 0.15) is 65.0 Å². The number of ether oxygens (including phenoxy) is 1. The highest BCUT2D eigenvalue weighted by molar-refractivity contribution is 6.07. The molecule has 0 saturated heterocycles. The molecule has 0 bridgehead atoms. The van der Waals surface area contributed by atoms with Gasteiger partial charge in [-0.1, -0.05) is 50.3 Å². The number of hydrogen-bond donors (Lipinski definition) is 0. The van der Waals surface area contributed by atoms with E-state index in [0.717, 1.165) is 17.5 Å². The normalized spacial score (nSPS) is 12.2. The molecule has 0 aliphatic heterocycles. The van der Waals surface area contributed by atoms with Crippen molar-refractivity contribution in [3.8, 4) is 0 Å². The molecular formula is C25H24O5. The fraction of sp³-hybridized carbons (Fsp3) is 0.240. The van der Waals surface area contributed by atoms with Crippen molar-refractivity contribution < 1.29 is 18.7 Å². The second-order valence-electron chi connectivity index (χ2n) is 7.07. The Kier molecular flexibility index (Phi) is 6.62. The van der Waals surface area contributed by atoms with Gasteiger partial charge in [0.2, 0.25) is 0 Å². The average Bonchev–Trinajstić information content (AvgIpc) is 2.76. The van der Waals surface area contributed by atoms with E-state index in [1.165, 1.54) is 12.1 Å². The number of rotatable bonds is 7. The van der Waals surface area contributed by atoms with Crippen molar-refractivity contribution in [2.45, 2.75) is 33.1 Å². The van der Waals surface area contributed by atoms with Gasteiger partial charge in [0.05, 0.1) is 6.61 Å². The van der Waals surface area contributed by atoms with E-state index in [-0.39, 0.29) is 23.9 Å². The summed E-state index contributed by atoms with van der Waals surface area (Å²) in [4.78, 5) is 36.9. The van der Waals surface area contributed by atoms with Crippen molar-refractivity contribution in [1.29, 1.82) is 0 Å². The van der Waals surface area contributed by atoms with Gasteiger partial charge in [0, 0.05) is 10.9 Å². The third kappa shape index (κ3) is 4.57. The highest BCUT2D eigenvalue weighted by Crippen LogP contribution is 2.29. The van der Waals surface area contributed by atoms with E-state index in [1.54, 1.807) is 31.2 Å². The minimum absolute atomic E-state index is 0.104. The first-order valence-electron chi connectivity index (χ1n) is 10.0. The summed E-state index contributed by atoms with van der Waals surface area (Å²) in [5.74, 6) is -0.687. The summed E-state index contributed by atoms with van der Waals surface area (Å²) in [6.07, 6.45) is 4.09. The van der Waals surface area contributed by atoms with Crippen molar-refractivity contribution in [3.63, 3.8) is 0 Å². The molecule has 3 rings (SSSR count). The Balaban J connectivity index is 2.09. The zero-order chi connectivity index (χ0) is 21.7. The molecule has 1 unspecified atom stereocenters. The zero-order valence-electron chi connectivity index (χ0n) is 17.3. The Morgan fingerprint density at radius 2 is 1.83 bits per heavy atom. The van der Waals surface area contributed by atoms with E-state index in [4.69, 9.17) is 9.15 Å². The third-order valence-corrected chi connectivity index (χ3v) is 5.01. The molecule has 0 saturated carbocycles. The van der Waals surface area contributed by atoms with Gasteiger partial charge in [-0.3, -0.25) is 4.79 Å². The zero-order valence-corrected chi connectivity index (χ0v) is 17.3. The fourth-order valence-corrected chi connectivity index (χ4v) is 3.19. The molecule has 0 fully saturated rings. The minimum Gasteiger partial charge on any atom is -0.462 e. The molecule has 154 valence electrons. The van der Waals surface area contributed by atoms with Crippen LogP contribution in [0.15, 0.2) is 63.8 Å². The molecule has 0 aliphatic rings. The summed E-state index contributed by atoms with van der Waals surface area (Å²) in [7, 11) is 0. The first-order valence-corrected chi connectivity index (χ1v) is 10.0. The van der Waals surface area contributed by atoms with Gasteiger partial charge in [0.15, 0.2) is 5.78 Å². The van der Waals surface area contributed by atoms with Gasteiger partial charge >= 0.3 is 11.6 Å². The van der Waals surface area contributed by atoms with E-state index < -0.39 is 11.6 Å². The molecule has 1 atom stereocenters. The van der Waals surface area contributed by atoms with Crippen molar-refractivity contribution >= 4 is 28.8 Å². The van der Waals surface area contributed by atoms with Gasteiger partial charge in [-0.15, -0.1) is 0 Å². The van der Waals surface area contributed by atoms with Crippen LogP contribution in [0.4, 0.5) is 0 Å². The lowest BCUT2D eigenvalue weighted by molar-refractivity contribution is 0.0521. The summed E-state index contributed by atoms with van der Waals surface area (Å²) < 4.78 is 10.5. The molecular weight excluding hydrogens is 380 g/mol. The van der Waals surface area contributed by atoms with Crippen molar-refractivity contribution in [2.75, 3.05) is 6.61 Å². The largest absolute Gasteiger partial charge is 0.462 e. The Bertz CT molecular complexity index is 1160. The van der Waals surface area contributed by atoms with E-state index >= 15 is 0 Å². The van der Waals surface area contributed by atoms with Crippen LogP contribution in [-0.4, -0.2) is 18.4 Å². The Morgan fingerprint density at radius 3 is 2.50 bits per heavy atom. The lowest BCUT2D eigenvalue weighted by atomic mass is 9.93. The Morgan fingerprint density at radius 1 is 1.10 bits per heavy atom. The van der Waals surface area contributed by atoms with Gasteiger partial charge in [-0.25, -0.2) is 9.59 Å². The molecule has 1 aromatic heterocycles. The topological polar surface area (TPSA) is 73.6 Å². The van der Waals surface area contributed by atoms with Crippen LogP contribution >= 0.6 is 0 Å². The molecule has 5 heteroatoms. The summed E-state index contributed by atoms with van der Waals surface area (Å²) in [5.41, 5.74) is 1.84. The summed E-state index contributed by atoms with van der Waals surface area (Å²) in [6, 6.07) is 14.2. The number of benzene rings is 2. The summed E-state index contributed by atoms with van der Waals surface area (Å²) in [5, 5.41) is 0.613. The molecule has 2 aromatic carbocycles. The molecule has 1 heterocycles. The standard InChI is InChI=1S/C25H24O5/c1-4-16(3)20-14-17(11-12-22(26)18-9-7-6-8-10-18)13-19-15-21(24(27)29-5-2)25(28)30-23(19)20/h6-16H,4-5H2,1-3H3. The number of hydrogen-bond acceptors (Lipinski definition) is 5. The molecule has 0 spiro atoms. The van der Waals surface area contributed by atoms with E-state index in [2.05, 4.69) is 0 Å². The number of allylic oxidation sites excluding steroid dienone is 1. The number of esters is 1. The maximum atomic E-state index is 12.4. The number of carbonyl (C=O) groups excluding carboxylic acids is 2.